The van der Waals surface area contributed by atoms with E-state index in [9.17, 15) is 19.5 Å². The number of likely N-dealkylation sites (tertiary alicyclic amines) is 1. The van der Waals surface area contributed by atoms with Gasteiger partial charge in [-0.25, -0.2) is 0 Å². The Morgan fingerprint density at radius 3 is 2.59 bits per heavy atom. The van der Waals surface area contributed by atoms with Gasteiger partial charge in [-0.05, 0) is 38.5 Å². The average Bonchev–Trinajstić information content (AvgIpc) is 3.46. The predicted octanol–water partition coefficient (Wildman–Crippen LogP) is 3.00. The van der Waals surface area contributed by atoms with E-state index in [0.29, 0.717) is 6.54 Å². The molecule has 2 amide bonds. The van der Waals surface area contributed by atoms with Crippen molar-refractivity contribution < 1.29 is 24.2 Å². The van der Waals surface area contributed by atoms with E-state index in [0.717, 1.165) is 38.5 Å². The predicted molar refractivity (Wildman–Crippen MR) is 132 cm³/mol. The van der Waals surface area contributed by atoms with Crippen molar-refractivity contribution in [3.63, 3.8) is 0 Å². The second kappa shape index (κ2) is 10.2. The summed E-state index contributed by atoms with van der Waals surface area (Å²) in [4.78, 5) is 45.1. The summed E-state index contributed by atoms with van der Waals surface area (Å²) >= 11 is 1.66. The molecule has 8 heteroatoms. The molecule has 0 radical (unpaired) electrons. The molecule has 190 valence electrons. The minimum absolute atomic E-state index is 0.000360. The van der Waals surface area contributed by atoms with Gasteiger partial charge in [-0.1, -0.05) is 39.2 Å². The summed E-state index contributed by atoms with van der Waals surface area (Å²) < 4.78 is 4.75. The van der Waals surface area contributed by atoms with E-state index >= 15 is 0 Å². The van der Waals surface area contributed by atoms with Crippen molar-refractivity contribution in [1.29, 1.82) is 0 Å². The number of hydrogen-bond donors (Lipinski definition) is 1. The van der Waals surface area contributed by atoms with Crippen molar-refractivity contribution >= 4 is 29.5 Å². The first-order valence-corrected chi connectivity index (χ1v) is 13.9. The van der Waals surface area contributed by atoms with Gasteiger partial charge in [0, 0.05) is 17.8 Å². The van der Waals surface area contributed by atoms with Crippen LogP contribution >= 0.6 is 11.8 Å². The average molecular weight is 493 g/mol. The number of thioether (sulfide) groups is 1. The number of fused-ring (bicyclic) bond motifs is 1. The molecule has 6 atom stereocenters. The molecule has 1 spiro atoms. The SMILES string of the molecule is C=CCN(C(=O)C1N([C@@H](CO)C(C)C)C(=O)[C@@H]2[C@@H](C(=O)OCC)[C@H]3CCC12S3)C1CCCCC1. The van der Waals surface area contributed by atoms with Crippen LogP contribution in [0, 0.1) is 17.8 Å². The third kappa shape index (κ3) is 3.98. The van der Waals surface area contributed by atoms with Gasteiger partial charge in [-0.3, -0.25) is 14.4 Å². The number of aliphatic hydroxyl groups is 1. The van der Waals surface area contributed by atoms with Crippen LogP contribution in [0.3, 0.4) is 0 Å². The highest BCUT2D eigenvalue weighted by atomic mass is 32.2. The van der Waals surface area contributed by atoms with Crippen molar-refractivity contribution in [2.45, 2.75) is 93.8 Å². The van der Waals surface area contributed by atoms with Crippen LogP contribution in [0.5, 0.6) is 0 Å². The molecule has 2 unspecified atom stereocenters. The first-order chi connectivity index (χ1) is 16.3. The zero-order chi connectivity index (χ0) is 24.6. The van der Waals surface area contributed by atoms with E-state index < -0.39 is 28.7 Å². The molecule has 2 bridgehead atoms. The summed E-state index contributed by atoms with van der Waals surface area (Å²) in [6, 6.07) is -1.01. The van der Waals surface area contributed by atoms with Gasteiger partial charge in [-0.2, -0.15) is 0 Å². The molecule has 0 aromatic heterocycles. The quantitative estimate of drug-likeness (QED) is 0.393. The fourth-order valence-electron chi connectivity index (χ4n) is 6.96. The van der Waals surface area contributed by atoms with Crippen molar-refractivity contribution in [1.82, 2.24) is 9.80 Å². The lowest BCUT2D eigenvalue weighted by molar-refractivity contribution is -0.154. The molecule has 34 heavy (non-hydrogen) atoms. The molecule has 1 N–H and O–H groups in total. The maximum Gasteiger partial charge on any atom is 0.310 e. The van der Waals surface area contributed by atoms with E-state index in [1.807, 2.05) is 18.7 Å². The molecule has 1 aliphatic carbocycles. The topological polar surface area (TPSA) is 87.2 Å². The van der Waals surface area contributed by atoms with Crippen LogP contribution in [0.25, 0.3) is 0 Å². The van der Waals surface area contributed by atoms with E-state index in [1.54, 1.807) is 29.7 Å². The highest BCUT2D eigenvalue weighted by Gasteiger charge is 2.75. The molecular formula is C26H40N2O5S. The van der Waals surface area contributed by atoms with E-state index in [-0.39, 0.29) is 48.2 Å². The van der Waals surface area contributed by atoms with Crippen molar-refractivity contribution in [3.05, 3.63) is 12.7 Å². The van der Waals surface area contributed by atoms with Crippen LogP contribution in [0.1, 0.15) is 65.7 Å². The number of hydrogen-bond acceptors (Lipinski definition) is 6. The largest absolute Gasteiger partial charge is 0.466 e. The monoisotopic (exact) mass is 492 g/mol. The van der Waals surface area contributed by atoms with Gasteiger partial charge in [0.25, 0.3) is 0 Å². The first kappa shape index (κ1) is 25.5. The van der Waals surface area contributed by atoms with E-state index in [2.05, 4.69) is 6.58 Å². The highest BCUT2D eigenvalue weighted by Crippen LogP contribution is 2.67. The summed E-state index contributed by atoms with van der Waals surface area (Å²) in [5.74, 6) is -1.66. The third-order valence-electron chi connectivity index (χ3n) is 8.47. The Morgan fingerprint density at radius 1 is 1.29 bits per heavy atom. The maximum absolute atomic E-state index is 14.4. The minimum atomic E-state index is -0.680. The lowest BCUT2D eigenvalue weighted by Gasteiger charge is -2.43. The number of carbonyl (C=O) groups is 3. The molecule has 4 rings (SSSR count). The Kier molecular flexibility index (Phi) is 7.67. The third-order valence-corrected chi connectivity index (χ3v) is 10.4. The molecule has 1 saturated carbocycles. The molecule has 0 aromatic carbocycles. The number of nitrogens with zero attached hydrogens (tertiary/aromatic N) is 2. The Hall–Kier alpha value is -1.54. The summed E-state index contributed by atoms with van der Waals surface area (Å²) in [7, 11) is 0. The number of ether oxygens (including phenoxy) is 1. The fourth-order valence-corrected chi connectivity index (χ4v) is 9.15. The second-order valence-electron chi connectivity index (χ2n) is 10.6. The number of amides is 2. The molecule has 3 saturated heterocycles. The van der Waals surface area contributed by atoms with Gasteiger partial charge < -0.3 is 19.6 Å². The molecule has 3 heterocycles. The highest BCUT2D eigenvalue weighted by molar-refractivity contribution is 8.02. The normalized spacial score (nSPS) is 33.8. The number of aliphatic hydroxyl groups excluding tert-OH is 1. The number of carbonyl (C=O) groups excluding carboxylic acids is 3. The fraction of sp³-hybridized carbons (Fsp3) is 0.808. The lowest BCUT2D eigenvalue weighted by atomic mass is 9.71. The molecular weight excluding hydrogens is 452 g/mol. The van der Waals surface area contributed by atoms with Crippen LogP contribution in [0.4, 0.5) is 0 Å². The zero-order valence-electron chi connectivity index (χ0n) is 20.8. The van der Waals surface area contributed by atoms with Crippen LogP contribution in [0.15, 0.2) is 12.7 Å². The summed E-state index contributed by atoms with van der Waals surface area (Å²) in [6.07, 6.45) is 8.60. The van der Waals surface area contributed by atoms with Crippen LogP contribution in [-0.4, -0.2) is 80.6 Å². The second-order valence-corrected chi connectivity index (χ2v) is 12.2. The lowest BCUT2D eigenvalue weighted by Crippen LogP contribution is -2.60. The molecule has 4 fully saturated rings. The molecule has 3 aliphatic heterocycles. The zero-order valence-corrected chi connectivity index (χ0v) is 21.6. The summed E-state index contributed by atoms with van der Waals surface area (Å²) in [5, 5.41) is 10.3. The number of rotatable bonds is 9. The number of esters is 1. The van der Waals surface area contributed by atoms with Gasteiger partial charge in [-0.15, -0.1) is 18.3 Å². The van der Waals surface area contributed by atoms with Crippen molar-refractivity contribution in [2.75, 3.05) is 19.8 Å². The van der Waals surface area contributed by atoms with Crippen LogP contribution < -0.4 is 0 Å². The Morgan fingerprint density at radius 2 is 2.00 bits per heavy atom. The van der Waals surface area contributed by atoms with Crippen molar-refractivity contribution in [2.24, 2.45) is 17.8 Å². The summed E-state index contributed by atoms with van der Waals surface area (Å²) in [6.45, 7) is 10.1. The van der Waals surface area contributed by atoms with E-state index in [4.69, 9.17) is 4.74 Å². The first-order valence-electron chi connectivity index (χ1n) is 13.0. The molecule has 0 aromatic rings. The van der Waals surface area contributed by atoms with Gasteiger partial charge in [0.15, 0.2) is 0 Å². The Balaban J connectivity index is 1.77. The maximum atomic E-state index is 14.4. The van der Waals surface area contributed by atoms with Crippen LogP contribution in [0.2, 0.25) is 0 Å². The van der Waals surface area contributed by atoms with Gasteiger partial charge in [0.2, 0.25) is 11.8 Å². The van der Waals surface area contributed by atoms with Crippen molar-refractivity contribution in [3.8, 4) is 0 Å². The Labute approximate surface area is 207 Å². The molecule has 4 aliphatic rings. The van der Waals surface area contributed by atoms with Gasteiger partial charge in [0.05, 0.1) is 35.8 Å². The van der Waals surface area contributed by atoms with E-state index in [1.165, 1.54) is 6.42 Å². The minimum Gasteiger partial charge on any atom is -0.466 e. The molecule has 7 nitrogen and oxygen atoms in total. The smallest absolute Gasteiger partial charge is 0.310 e. The Bertz CT molecular complexity index is 813. The summed E-state index contributed by atoms with van der Waals surface area (Å²) in [5.41, 5.74) is 0. The van der Waals surface area contributed by atoms with Crippen LogP contribution in [-0.2, 0) is 19.1 Å². The standard InChI is InChI=1S/C26H40N2O5S/c1-5-14-27(17-10-8-7-9-11-17)24(31)22-26-13-12-19(34-26)20(25(32)33-6-2)21(26)23(30)28(22)18(15-29)16(3)4/h5,16-22,29H,1,6-15H2,2-4H3/t18-,19+,20-,21-,22?,26?/m0/s1. The van der Waals surface area contributed by atoms with Gasteiger partial charge in [0.1, 0.15) is 6.04 Å². The van der Waals surface area contributed by atoms with Gasteiger partial charge >= 0.3 is 5.97 Å².